The van der Waals surface area contributed by atoms with Crippen molar-refractivity contribution in [3.63, 3.8) is 0 Å². The molecule has 0 aliphatic heterocycles. The molecule has 0 amide bonds. The van der Waals surface area contributed by atoms with Gasteiger partial charge in [-0.1, -0.05) is 30.4 Å². The molecule has 0 radical (unpaired) electrons. The highest BCUT2D eigenvalue weighted by molar-refractivity contribution is 5.66. The van der Waals surface area contributed by atoms with Crippen LogP contribution in [0, 0.1) is 5.82 Å². The second-order valence-electron chi connectivity index (χ2n) is 6.00. The number of benzene rings is 1. The van der Waals surface area contributed by atoms with Gasteiger partial charge in [0.2, 0.25) is 0 Å². The van der Waals surface area contributed by atoms with Gasteiger partial charge in [-0.15, -0.1) is 0 Å². The zero-order chi connectivity index (χ0) is 17.9. The van der Waals surface area contributed by atoms with Crippen molar-refractivity contribution >= 4 is 0 Å². The molecule has 130 valence electrons. The van der Waals surface area contributed by atoms with Gasteiger partial charge >= 0.3 is 0 Å². The third-order valence-corrected chi connectivity index (χ3v) is 4.25. The maximum atomic E-state index is 14.4. The van der Waals surface area contributed by atoms with Crippen molar-refractivity contribution in [2.24, 2.45) is 0 Å². The van der Waals surface area contributed by atoms with E-state index in [1.807, 2.05) is 6.08 Å². The topological polar surface area (TPSA) is 43.6 Å². The third-order valence-electron chi connectivity index (χ3n) is 4.25. The van der Waals surface area contributed by atoms with E-state index in [0.717, 1.165) is 0 Å². The SMILES string of the molecule is Fc1ccccc1-c1cc(-c2ncccn2)nn1CC1=CC=CCC1F. The fourth-order valence-corrected chi connectivity index (χ4v) is 2.93. The monoisotopic (exact) mass is 350 g/mol. The molecule has 2 aromatic heterocycles. The number of hydrogen-bond donors (Lipinski definition) is 0. The molecule has 1 aliphatic rings. The minimum absolute atomic E-state index is 0.238. The maximum absolute atomic E-state index is 14.4. The Kier molecular flexibility index (Phi) is 4.39. The lowest BCUT2D eigenvalue weighted by atomic mass is 10.0. The number of allylic oxidation sites excluding steroid dienone is 4. The van der Waals surface area contributed by atoms with Gasteiger partial charge < -0.3 is 0 Å². The minimum atomic E-state index is -1.06. The molecule has 4 nitrogen and oxygen atoms in total. The van der Waals surface area contributed by atoms with Crippen molar-refractivity contribution in [1.82, 2.24) is 19.7 Å². The molecule has 6 heteroatoms. The van der Waals surface area contributed by atoms with Crippen molar-refractivity contribution in [1.29, 1.82) is 0 Å². The van der Waals surface area contributed by atoms with Crippen molar-refractivity contribution in [2.75, 3.05) is 0 Å². The molecule has 1 aliphatic carbocycles. The number of hydrogen-bond acceptors (Lipinski definition) is 3. The molecule has 0 saturated heterocycles. The lowest BCUT2D eigenvalue weighted by Crippen LogP contribution is -2.14. The van der Waals surface area contributed by atoms with Gasteiger partial charge in [0.15, 0.2) is 5.82 Å². The largest absolute Gasteiger partial charge is 0.260 e. The highest BCUT2D eigenvalue weighted by Gasteiger charge is 2.20. The summed E-state index contributed by atoms with van der Waals surface area (Å²) in [5, 5.41) is 4.52. The average molecular weight is 350 g/mol. The van der Waals surface area contributed by atoms with Gasteiger partial charge in [-0.3, -0.25) is 4.68 Å². The van der Waals surface area contributed by atoms with Crippen LogP contribution in [0.15, 0.2) is 72.6 Å². The summed E-state index contributed by atoms with van der Waals surface area (Å²) >= 11 is 0. The van der Waals surface area contributed by atoms with Crippen LogP contribution in [-0.4, -0.2) is 25.9 Å². The van der Waals surface area contributed by atoms with Gasteiger partial charge in [-0.2, -0.15) is 5.10 Å². The zero-order valence-corrected chi connectivity index (χ0v) is 13.9. The molecule has 0 saturated carbocycles. The molecule has 0 N–H and O–H groups in total. The lowest BCUT2D eigenvalue weighted by molar-refractivity contribution is 0.366. The first-order valence-corrected chi connectivity index (χ1v) is 8.32. The van der Waals surface area contributed by atoms with Crippen LogP contribution in [0.25, 0.3) is 22.8 Å². The van der Waals surface area contributed by atoms with E-state index >= 15 is 0 Å². The Bertz CT molecular complexity index is 976. The molecule has 1 atom stereocenters. The van der Waals surface area contributed by atoms with E-state index in [1.54, 1.807) is 59.6 Å². The summed E-state index contributed by atoms with van der Waals surface area (Å²) in [6.45, 7) is 0.238. The van der Waals surface area contributed by atoms with Crippen LogP contribution in [0.2, 0.25) is 0 Å². The summed E-state index contributed by atoms with van der Waals surface area (Å²) in [7, 11) is 0. The smallest absolute Gasteiger partial charge is 0.180 e. The number of nitrogens with zero attached hydrogens (tertiary/aromatic N) is 4. The first-order chi connectivity index (χ1) is 12.7. The summed E-state index contributed by atoms with van der Waals surface area (Å²) in [4.78, 5) is 8.40. The van der Waals surface area contributed by atoms with Crippen molar-refractivity contribution < 1.29 is 8.78 Å². The predicted octanol–water partition coefficient (Wildman–Crippen LogP) is 4.37. The van der Waals surface area contributed by atoms with E-state index in [4.69, 9.17) is 0 Å². The fourth-order valence-electron chi connectivity index (χ4n) is 2.93. The average Bonchev–Trinajstić information content (AvgIpc) is 3.08. The summed E-state index contributed by atoms with van der Waals surface area (Å²) in [5.41, 5.74) is 2.10. The minimum Gasteiger partial charge on any atom is -0.260 e. The van der Waals surface area contributed by atoms with Crippen LogP contribution in [0.3, 0.4) is 0 Å². The quantitative estimate of drug-likeness (QED) is 0.702. The summed E-state index contributed by atoms with van der Waals surface area (Å²) < 4.78 is 30.2. The first kappa shape index (κ1) is 16.3. The van der Waals surface area contributed by atoms with Crippen LogP contribution in [0.4, 0.5) is 8.78 Å². The Morgan fingerprint density at radius 1 is 1.12 bits per heavy atom. The van der Waals surface area contributed by atoms with Crippen LogP contribution >= 0.6 is 0 Å². The molecule has 0 bridgehead atoms. The zero-order valence-electron chi connectivity index (χ0n) is 13.9. The molecule has 3 aromatic rings. The summed E-state index contributed by atoms with van der Waals surface area (Å²) in [6.07, 6.45) is 7.90. The van der Waals surface area contributed by atoms with Crippen molar-refractivity contribution in [3.05, 3.63) is 78.4 Å². The Morgan fingerprint density at radius 3 is 2.69 bits per heavy atom. The Hall–Kier alpha value is -3.15. The number of aromatic nitrogens is 4. The van der Waals surface area contributed by atoms with Crippen LogP contribution in [0.5, 0.6) is 0 Å². The highest BCUT2D eigenvalue weighted by Crippen LogP contribution is 2.28. The molecular formula is C20H16F2N4. The van der Waals surface area contributed by atoms with Crippen LogP contribution in [-0.2, 0) is 6.54 Å². The molecule has 26 heavy (non-hydrogen) atoms. The second kappa shape index (κ2) is 7.00. The van der Waals surface area contributed by atoms with Gasteiger partial charge in [-0.05, 0) is 29.8 Å². The molecular weight excluding hydrogens is 334 g/mol. The molecule has 0 spiro atoms. The van der Waals surface area contributed by atoms with E-state index in [2.05, 4.69) is 15.1 Å². The van der Waals surface area contributed by atoms with E-state index in [-0.39, 0.29) is 12.4 Å². The first-order valence-electron chi connectivity index (χ1n) is 8.32. The van der Waals surface area contributed by atoms with Gasteiger partial charge in [0.05, 0.1) is 12.2 Å². The normalized spacial score (nSPS) is 16.5. The Labute approximate surface area is 149 Å². The lowest BCUT2D eigenvalue weighted by Gasteiger charge is -2.16. The predicted molar refractivity (Wildman–Crippen MR) is 95.4 cm³/mol. The Morgan fingerprint density at radius 2 is 1.92 bits per heavy atom. The van der Waals surface area contributed by atoms with E-state index < -0.39 is 6.17 Å². The standard InChI is InChI=1S/C20H16F2N4/c21-16-8-3-1-6-14(16)13-26-19(15-7-2-4-9-17(15)22)12-18(25-26)20-23-10-5-11-24-20/h1-7,9-12,16H,8,13H2. The van der Waals surface area contributed by atoms with E-state index in [1.165, 1.54) is 6.07 Å². The maximum Gasteiger partial charge on any atom is 0.180 e. The van der Waals surface area contributed by atoms with E-state index in [9.17, 15) is 8.78 Å². The van der Waals surface area contributed by atoms with Crippen molar-refractivity contribution in [2.45, 2.75) is 19.1 Å². The molecule has 2 heterocycles. The highest BCUT2D eigenvalue weighted by atomic mass is 19.1. The van der Waals surface area contributed by atoms with Gasteiger partial charge in [0.25, 0.3) is 0 Å². The number of rotatable bonds is 4. The van der Waals surface area contributed by atoms with Gasteiger partial charge in [-0.25, -0.2) is 18.7 Å². The fraction of sp³-hybridized carbons (Fsp3) is 0.150. The van der Waals surface area contributed by atoms with Gasteiger partial charge in [0.1, 0.15) is 17.7 Å². The van der Waals surface area contributed by atoms with Crippen LogP contribution < -0.4 is 0 Å². The van der Waals surface area contributed by atoms with E-state index in [0.29, 0.717) is 34.8 Å². The van der Waals surface area contributed by atoms with Gasteiger partial charge in [0, 0.05) is 24.4 Å². The van der Waals surface area contributed by atoms with Crippen molar-refractivity contribution in [3.8, 4) is 22.8 Å². The second-order valence-corrected chi connectivity index (χ2v) is 6.00. The molecule has 0 fully saturated rings. The number of alkyl halides is 1. The third kappa shape index (κ3) is 3.18. The van der Waals surface area contributed by atoms with Crippen LogP contribution in [0.1, 0.15) is 6.42 Å². The molecule has 4 rings (SSSR count). The summed E-state index contributed by atoms with van der Waals surface area (Å²) in [5.74, 6) is 0.0849. The molecule has 1 unspecified atom stereocenters. The number of halogens is 2. The Balaban J connectivity index is 1.81. The molecule has 1 aromatic carbocycles. The summed E-state index contributed by atoms with van der Waals surface area (Å²) in [6, 6.07) is 9.92.